The second-order valence-corrected chi connectivity index (χ2v) is 7.10. The van der Waals surface area contributed by atoms with Gasteiger partial charge in [-0.1, -0.05) is 36.4 Å². The Balaban J connectivity index is 1.72. The molecule has 1 N–H and O–H groups in total. The van der Waals surface area contributed by atoms with E-state index in [1.54, 1.807) is 11.3 Å². The summed E-state index contributed by atoms with van der Waals surface area (Å²) in [7, 11) is 0. The minimum Gasteiger partial charge on any atom is -0.372 e. The minimum atomic E-state index is 0.899. The molecule has 3 nitrogen and oxygen atoms in total. The highest BCUT2D eigenvalue weighted by Gasteiger charge is 2.07. The van der Waals surface area contributed by atoms with Crippen molar-refractivity contribution in [3.8, 4) is 11.3 Å². The molecule has 134 valence electrons. The van der Waals surface area contributed by atoms with Crippen molar-refractivity contribution < 1.29 is 0 Å². The van der Waals surface area contributed by atoms with Crippen molar-refractivity contribution in [2.75, 3.05) is 23.3 Å². The molecule has 0 aliphatic carbocycles. The van der Waals surface area contributed by atoms with Crippen molar-refractivity contribution >= 4 is 33.4 Å². The van der Waals surface area contributed by atoms with Crippen LogP contribution in [0.3, 0.4) is 0 Å². The van der Waals surface area contributed by atoms with E-state index in [0.717, 1.165) is 46.3 Å². The summed E-state index contributed by atoms with van der Waals surface area (Å²) >= 11 is 1.62. The first-order valence-electron chi connectivity index (χ1n) is 8.94. The van der Waals surface area contributed by atoms with Crippen LogP contribution in [0.25, 0.3) is 16.8 Å². The molecule has 2 aromatic carbocycles. The summed E-state index contributed by atoms with van der Waals surface area (Å²) in [5.74, 6) is 0. The Morgan fingerprint density at radius 3 is 2.27 bits per heavy atom. The molecule has 0 aliphatic heterocycles. The number of hydrogen-bond acceptors (Lipinski definition) is 4. The van der Waals surface area contributed by atoms with E-state index in [1.165, 1.54) is 5.69 Å². The van der Waals surface area contributed by atoms with Crippen molar-refractivity contribution in [3.63, 3.8) is 0 Å². The predicted molar refractivity (Wildman–Crippen MR) is 116 cm³/mol. The molecule has 26 heavy (non-hydrogen) atoms. The van der Waals surface area contributed by atoms with Gasteiger partial charge in [0, 0.05) is 35.4 Å². The van der Waals surface area contributed by atoms with Crippen LogP contribution >= 0.6 is 11.3 Å². The molecule has 0 spiro atoms. The van der Waals surface area contributed by atoms with Crippen LogP contribution in [0.4, 0.5) is 16.5 Å². The van der Waals surface area contributed by atoms with Crippen molar-refractivity contribution in [3.05, 3.63) is 66.1 Å². The smallest absolute Gasteiger partial charge is 0.187 e. The lowest BCUT2D eigenvalue weighted by molar-refractivity contribution is 0.866. The van der Waals surface area contributed by atoms with E-state index in [2.05, 4.69) is 84.6 Å². The molecule has 0 bridgehead atoms. The molecule has 4 heteroatoms. The molecule has 3 rings (SSSR count). The van der Waals surface area contributed by atoms with Gasteiger partial charge in [0.05, 0.1) is 5.69 Å². The van der Waals surface area contributed by atoms with Gasteiger partial charge in [0.25, 0.3) is 0 Å². The molecular weight excluding hydrogens is 338 g/mol. The van der Waals surface area contributed by atoms with Crippen molar-refractivity contribution in [2.24, 2.45) is 0 Å². The summed E-state index contributed by atoms with van der Waals surface area (Å²) in [6, 6.07) is 16.9. The number of aromatic nitrogens is 1. The Morgan fingerprint density at radius 2 is 1.69 bits per heavy atom. The molecular formula is C22H25N3S. The van der Waals surface area contributed by atoms with E-state index in [9.17, 15) is 0 Å². The Hall–Kier alpha value is -2.59. The number of allylic oxidation sites excluding steroid dienone is 1. The first-order chi connectivity index (χ1) is 12.6. The van der Waals surface area contributed by atoms with E-state index < -0.39 is 0 Å². The van der Waals surface area contributed by atoms with Gasteiger partial charge in [0.1, 0.15) is 0 Å². The molecule has 0 atom stereocenters. The third-order valence-corrected chi connectivity index (χ3v) is 5.18. The molecule has 0 radical (unpaired) electrons. The molecule has 0 fully saturated rings. The summed E-state index contributed by atoms with van der Waals surface area (Å²) in [6.07, 6.45) is 0. The Kier molecular flexibility index (Phi) is 5.74. The molecule has 1 heterocycles. The maximum Gasteiger partial charge on any atom is 0.187 e. The van der Waals surface area contributed by atoms with Gasteiger partial charge in [-0.15, -0.1) is 11.3 Å². The maximum absolute atomic E-state index is 4.72. The number of nitrogens with zero attached hydrogens (tertiary/aromatic N) is 2. The van der Waals surface area contributed by atoms with Gasteiger partial charge in [0.15, 0.2) is 5.13 Å². The van der Waals surface area contributed by atoms with Crippen LogP contribution in [0.15, 0.2) is 60.5 Å². The van der Waals surface area contributed by atoms with E-state index in [0.29, 0.717) is 0 Å². The zero-order chi connectivity index (χ0) is 18.5. The topological polar surface area (TPSA) is 28.2 Å². The van der Waals surface area contributed by atoms with Crippen LogP contribution in [0.1, 0.15) is 26.3 Å². The molecule has 0 amide bonds. The number of thiazole rings is 1. The lowest BCUT2D eigenvalue weighted by atomic mass is 10.1. The standard InChI is InChI=1S/C22H25N3S/c1-5-25(6-2)20-13-9-18(10-14-20)21-15-26-22(24-21)23-19-11-7-17(8-12-19)16(3)4/h7-15H,3,5-6H2,1-2,4H3,(H,23,24). The second-order valence-electron chi connectivity index (χ2n) is 6.24. The normalized spacial score (nSPS) is 10.6. The molecule has 0 aliphatic rings. The summed E-state index contributed by atoms with van der Waals surface area (Å²) in [4.78, 5) is 7.06. The fraction of sp³-hybridized carbons (Fsp3) is 0.227. The van der Waals surface area contributed by atoms with Crippen LogP contribution in [-0.2, 0) is 0 Å². The van der Waals surface area contributed by atoms with Crippen LogP contribution in [-0.4, -0.2) is 18.1 Å². The predicted octanol–water partition coefficient (Wildman–Crippen LogP) is 6.43. The molecule has 1 aromatic heterocycles. The first-order valence-corrected chi connectivity index (χ1v) is 9.82. The highest BCUT2D eigenvalue weighted by atomic mass is 32.1. The summed E-state index contributed by atoms with van der Waals surface area (Å²) in [6.45, 7) is 12.4. The van der Waals surface area contributed by atoms with Gasteiger partial charge in [-0.25, -0.2) is 4.98 Å². The zero-order valence-corrected chi connectivity index (χ0v) is 16.4. The van der Waals surface area contributed by atoms with Gasteiger partial charge >= 0.3 is 0 Å². The number of benzene rings is 2. The second kappa shape index (κ2) is 8.19. The number of nitrogens with one attached hydrogen (secondary N) is 1. The van der Waals surface area contributed by atoms with E-state index in [1.807, 2.05) is 6.92 Å². The molecule has 0 unspecified atom stereocenters. The monoisotopic (exact) mass is 363 g/mol. The SMILES string of the molecule is C=C(C)c1ccc(Nc2nc(-c3ccc(N(CC)CC)cc3)cs2)cc1. The van der Waals surface area contributed by atoms with E-state index >= 15 is 0 Å². The number of anilines is 3. The van der Waals surface area contributed by atoms with Crippen molar-refractivity contribution in [2.45, 2.75) is 20.8 Å². The van der Waals surface area contributed by atoms with Crippen molar-refractivity contribution in [1.82, 2.24) is 4.98 Å². The highest BCUT2D eigenvalue weighted by molar-refractivity contribution is 7.14. The van der Waals surface area contributed by atoms with Crippen LogP contribution in [0.2, 0.25) is 0 Å². The number of rotatable bonds is 7. The van der Waals surface area contributed by atoms with Crippen molar-refractivity contribution in [1.29, 1.82) is 0 Å². The zero-order valence-electron chi connectivity index (χ0n) is 15.6. The lowest BCUT2D eigenvalue weighted by Gasteiger charge is -2.20. The fourth-order valence-electron chi connectivity index (χ4n) is 2.86. The maximum atomic E-state index is 4.72. The van der Waals surface area contributed by atoms with Crippen LogP contribution in [0.5, 0.6) is 0 Å². The Labute approximate surface area is 160 Å². The summed E-state index contributed by atoms with van der Waals surface area (Å²) in [5.41, 5.74) is 6.66. The van der Waals surface area contributed by atoms with Gasteiger partial charge in [0.2, 0.25) is 0 Å². The highest BCUT2D eigenvalue weighted by Crippen LogP contribution is 2.29. The molecule has 0 saturated heterocycles. The van der Waals surface area contributed by atoms with Crippen LogP contribution < -0.4 is 10.2 Å². The van der Waals surface area contributed by atoms with E-state index in [4.69, 9.17) is 4.98 Å². The quantitative estimate of drug-likeness (QED) is 0.524. The first kappa shape index (κ1) is 18.2. The average Bonchev–Trinajstić information content (AvgIpc) is 3.12. The largest absolute Gasteiger partial charge is 0.372 e. The Morgan fingerprint density at radius 1 is 1.04 bits per heavy atom. The fourth-order valence-corrected chi connectivity index (χ4v) is 3.60. The minimum absolute atomic E-state index is 0.899. The summed E-state index contributed by atoms with van der Waals surface area (Å²) in [5, 5.41) is 6.37. The summed E-state index contributed by atoms with van der Waals surface area (Å²) < 4.78 is 0. The van der Waals surface area contributed by atoms with Gasteiger partial charge in [-0.2, -0.15) is 0 Å². The molecule has 3 aromatic rings. The Bertz CT molecular complexity index is 859. The molecule has 0 saturated carbocycles. The van der Waals surface area contributed by atoms with Gasteiger partial charge in [-0.05, 0) is 50.6 Å². The van der Waals surface area contributed by atoms with Gasteiger partial charge < -0.3 is 10.2 Å². The average molecular weight is 364 g/mol. The van der Waals surface area contributed by atoms with E-state index in [-0.39, 0.29) is 0 Å². The van der Waals surface area contributed by atoms with Gasteiger partial charge in [-0.3, -0.25) is 0 Å². The third-order valence-electron chi connectivity index (χ3n) is 4.42. The number of hydrogen-bond donors (Lipinski definition) is 1. The van der Waals surface area contributed by atoms with Crippen LogP contribution in [0, 0.1) is 0 Å². The third kappa shape index (κ3) is 4.14. The lowest BCUT2D eigenvalue weighted by Crippen LogP contribution is -2.21.